The second-order valence-corrected chi connectivity index (χ2v) is 6.66. The van der Waals surface area contributed by atoms with Gasteiger partial charge in [-0.15, -0.1) is 0 Å². The first-order valence-electron chi connectivity index (χ1n) is 6.80. The predicted octanol–water partition coefficient (Wildman–Crippen LogP) is 2.97. The van der Waals surface area contributed by atoms with Crippen LogP contribution in [0.1, 0.15) is 40.0 Å². The molecule has 1 spiro atoms. The summed E-state index contributed by atoms with van der Waals surface area (Å²) in [6.07, 6.45) is 5.71. The highest BCUT2D eigenvalue weighted by Gasteiger charge is 2.60. The number of allylic oxidation sites excluding steroid dienone is 1. The Morgan fingerprint density at radius 1 is 1.41 bits per heavy atom. The van der Waals surface area contributed by atoms with Crippen LogP contribution >= 0.6 is 0 Å². The van der Waals surface area contributed by atoms with Crippen LogP contribution in [-0.2, 0) is 9.53 Å². The highest BCUT2D eigenvalue weighted by atomic mass is 16.5. The summed E-state index contributed by atoms with van der Waals surface area (Å²) in [4.78, 5) is 12.8. The Morgan fingerprint density at radius 2 is 2.18 bits per heavy atom. The molecule has 0 radical (unpaired) electrons. The first kappa shape index (κ1) is 11.5. The highest BCUT2D eigenvalue weighted by molar-refractivity contribution is 5.95. The van der Waals surface area contributed by atoms with Crippen molar-refractivity contribution >= 4 is 5.78 Å². The molecule has 4 aliphatic rings. The van der Waals surface area contributed by atoms with E-state index in [2.05, 4.69) is 26.8 Å². The van der Waals surface area contributed by atoms with Gasteiger partial charge >= 0.3 is 0 Å². The zero-order chi connectivity index (χ0) is 12.3. The van der Waals surface area contributed by atoms with E-state index in [1.807, 2.05) is 0 Å². The van der Waals surface area contributed by atoms with E-state index in [9.17, 15) is 4.79 Å². The Hall–Kier alpha value is -0.630. The van der Waals surface area contributed by atoms with Crippen molar-refractivity contribution < 1.29 is 9.53 Å². The summed E-state index contributed by atoms with van der Waals surface area (Å²) in [5.74, 6) is 1.41. The van der Waals surface area contributed by atoms with Crippen molar-refractivity contribution in [3.63, 3.8) is 0 Å². The number of carbonyl (C=O) groups excluding carboxylic acids is 1. The molecule has 0 aromatic carbocycles. The topological polar surface area (TPSA) is 26.3 Å². The lowest BCUT2D eigenvalue weighted by Gasteiger charge is -2.55. The molecule has 0 N–H and O–H groups in total. The molecule has 2 heteroatoms. The van der Waals surface area contributed by atoms with Crippen LogP contribution in [0.2, 0.25) is 0 Å². The molecule has 0 amide bonds. The lowest BCUT2D eigenvalue weighted by atomic mass is 9.47. The minimum absolute atomic E-state index is 0.191. The number of ether oxygens (including phenoxy) is 1. The molecule has 3 atom stereocenters. The van der Waals surface area contributed by atoms with E-state index in [1.165, 1.54) is 12.0 Å². The summed E-state index contributed by atoms with van der Waals surface area (Å²) in [6, 6.07) is 0. The number of rotatable bonds is 0. The monoisotopic (exact) mass is 234 g/mol. The fourth-order valence-corrected chi connectivity index (χ4v) is 4.45. The SMILES string of the molecule is CC1=C[C@@]23COCCC[C@H]2C[C@@H]1C(C)(C)C3=O. The van der Waals surface area contributed by atoms with Crippen LogP contribution < -0.4 is 0 Å². The first-order chi connectivity index (χ1) is 7.98. The van der Waals surface area contributed by atoms with Crippen LogP contribution in [0.4, 0.5) is 0 Å². The molecule has 2 nitrogen and oxygen atoms in total. The van der Waals surface area contributed by atoms with Gasteiger partial charge in [0.2, 0.25) is 0 Å². The van der Waals surface area contributed by atoms with Gasteiger partial charge in [-0.05, 0) is 38.0 Å². The molecule has 4 rings (SSSR count). The quantitative estimate of drug-likeness (QED) is 0.602. The Bertz CT molecular complexity index is 394. The number of fused-ring (bicyclic) bond motifs is 1. The van der Waals surface area contributed by atoms with Crippen molar-refractivity contribution in [2.45, 2.75) is 40.0 Å². The van der Waals surface area contributed by atoms with Gasteiger partial charge in [-0.1, -0.05) is 25.5 Å². The molecule has 1 heterocycles. The summed E-state index contributed by atoms with van der Waals surface area (Å²) >= 11 is 0. The van der Waals surface area contributed by atoms with Crippen LogP contribution in [-0.4, -0.2) is 19.0 Å². The summed E-state index contributed by atoms with van der Waals surface area (Å²) in [6.45, 7) is 7.88. The highest BCUT2D eigenvalue weighted by Crippen LogP contribution is 2.59. The van der Waals surface area contributed by atoms with Crippen LogP contribution in [0.15, 0.2) is 11.6 Å². The van der Waals surface area contributed by atoms with Gasteiger partial charge in [-0.3, -0.25) is 4.79 Å². The van der Waals surface area contributed by atoms with Crippen molar-refractivity contribution in [2.24, 2.45) is 22.7 Å². The summed E-state index contributed by atoms with van der Waals surface area (Å²) in [5, 5.41) is 0. The van der Waals surface area contributed by atoms with Crippen molar-refractivity contribution in [3.05, 3.63) is 11.6 Å². The summed E-state index contributed by atoms with van der Waals surface area (Å²) in [7, 11) is 0. The fourth-order valence-electron chi connectivity index (χ4n) is 4.45. The Balaban J connectivity index is 2.13. The normalized spacial score (nSPS) is 43.9. The van der Waals surface area contributed by atoms with Crippen LogP contribution in [0.25, 0.3) is 0 Å². The Kier molecular flexibility index (Phi) is 2.32. The number of hydrogen-bond acceptors (Lipinski definition) is 2. The lowest BCUT2D eigenvalue weighted by molar-refractivity contribution is -0.152. The van der Waals surface area contributed by atoms with E-state index in [0.29, 0.717) is 24.2 Å². The molecule has 0 aromatic heterocycles. The standard InChI is InChI=1S/C15H22O2/c1-10-8-15-9-17-6-4-5-11(15)7-12(10)14(2,3)13(15)16/h8,11-12H,4-7,9H2,1-3H3/t11-,12-,15+/m0/s1. The number of carbonyl (C=O) groups is 1. The molecular formula is C15H22O2. The Morgan fingerprint density at radius 3 is 2.94 bits per heavy atom. The van der Waals surface area contributed by atoms with Crippen LogP contribution in [0, 0.1) is 22.7 Å². The minimum Gasteiger partial charge on any atom is -0.380 e. The first-order valence-corrected chi connectivity index (χ1v) is 6.80. The molecule has 1 saturated heterocycles. The molecule has 3 aliphatic carbocycles. The van der Waals surface area contributed by atoms with Crippen molar-refractivity contribution in [3.8, 4) is 0 Å². The number of Topliss-reactive ketones (excluding diaryl/α,β-unsaturated/α-hetero) is 1. The van der Waals surface area contributed by atoms with Gasteiger partial charge in [0.15, 0.2) is 5.78 Å². The molecule has 2 fully saturated rings. The maximum atomic E-state index is 12.8. The predicted molar refractivity (Wildman–Crippen MR) is 66.6 cm³/mol. The average Bonchev–Trinajstić information content (AvgIpc) is 2.47. The number of hydrogen-bond donors (Lipinski definition) is 0. The van der Waals surface area contributed by atoms with Gasteiger partial charge in [-0.2, -0.15) is 0 Å². The van der Waals surface area contributed by atoms with E-state index in [1.54, 1.807) is 0 Å². The maximum absolute atomic E-state index is 12.8. The fraction of sp³-hybridized carbons (Fsp3) is 0.800. The third-order valence-electron chi connectivity index (χ3n) is 5.34. The zero-order valence-corrected chi connectivity index (χ0v) is 11.1. The third-order valence-corrected chi connectivity index (χ3v) is 5.34. The molecule has 94 valence electrons. The maximum Gasteiger partial charge on any atom is 0.151 e. The second kappa shape index (κ2) is 3.44. The van der Waals surface area contributed by atoms with Gasteiger partial charge in [-0.25, -0.2) is 0 Å². The van der Waals surface area contributed by atoms with Gasteiger partial charge in [0.05, 0.1) is 12.0 Å². The van der Waals surface area contributed by atoms with Crippen molar-refractivity contribution in [2.75, 3.05) is 13.2 Å². The van der Waals surface area contributed by atoms with Crippen molar-refractivity contribution in [1.82, 2.24) is 0 Å². The van der Waals surface area contributed by atoms with Crippen molar-refractivity contribution in [1.29, 1.82) is 0 Å². The molecule has 0 aromatic rings. The van der Waals surface area contributed by atoms with E-state index in [4.69, 9.17) is 4.74 Å². The van der Waals surface area contributed by atoms with E-state index in [0.717, 1.165) is 19.4 Å². The molecule has 1 saturated carbocycles. The third kappa shape index (κ3) is 1.33. The van der Waals surface area contributed by atoms with E-state index < -0.39 is 0 Å². The molecule has 17 heavy (non-hydrogen) atoms. The van der Waals surface area contributed by atoms with Crippen LogP contribution in [0.3, 0.4) is 0 Å². The van der Waals surface area contributed by atoms with Gasteiger partial charge in [0.1, 0.15) is 0 Å². The summed E-state index contributed by atoms with van der Waals surface area (Å²) < 4.78 is 5.73. The second-order valence-electron chi connectivity index (χ2n) is 6.66. The Labute approximate surface area is 103 Å². The molecule has 0 unspecified atom stereocenters. The summed E-state index contributed by atoms with van der Waals surface area (Å²) in [5.41, 5.74) is 0.929. The average molecular weight is 234 g/mol. The van der Waals surface area contributed by atoms with E-state index in [-0.39, 0.29) is 10.8 Å². The van der Waals surface area contributed by atoms with Gasteiger partial charge in [0.25, 0.3) is 0 Å². The zero-order valence-electron chi connectivity index (χ0n) is 11.1. The molecule has 2 bridgehead atoms. The van der Waals surface area contributed by atoms with Crippen LogP contribution in [0.5, 0.6) is 0 Å². The largest absolute Gasteiger partial charge is 0.380 e. The molecule has 1 aliphatic heterocycles. The molecular weight excluding hydrogens is 212 g/mol. The van der Waals surface area contributed by atoms with E-state index >= 15 is 0 Å². The lowest BCUT2D eigenvalue weighted by Crippen LogP contribution is -2.58. The number of ketones is 1. The minimum atomic E-state index is -0.293. The smallest absolute Gasteiger partial charge is 0.151 e. The van der Waals surface area contributed by atoms with Gasteiger partial charge < -0.3 is 4.74 Å². The van der Waals surface area contributed by atoms with Gasteiger partial charge in [0, 0.05) is 12.0 Å².